The Hall–Kier alpha value is -2.91. The molecule has 2 aromatic rings. The number of nitrogens with one attached hydrogen (secondary N) is 1. The highest BCUT2D eigenvalue weighted by Gasteiger charge is 2.11. The molecule has 0 saturated heterocycles. The van der Waals surface area contributed by atoms with Crippen LogP contribution in [0.15, 0.2) is 42.6 Å². The molecule has 0 aliphatic rings. The Labute approximate surface area is 141 Å². The third-order valence-corrected chi connectivity index (χ3v) is 3.19. The summed E-state index contributed by atoms with van der Waals surface area (Å²) in [5.74, 6) is 0.571. The van der Waals surface area contributed by atoms with Crippen molar-refractivity contribution in [1.82, 2.24) is 4.98 Å². The van der Waals surface area contributed by atoms with Crippen LogP contribution in [0.5, 0.6) is 5.75 Å². The number of nitriles is 1. The molecule has 0 atom stereocenters. The number of ether oxygens (including phenoxy) is 2. The number of amides is 1. The van der Waals surface area contributed by atoms with Crippen molar-refractivity contribution in [2.75, 3.05) is 19.0 Å². The molecule has 0 fully saturated rings. The van der Waals surface area contributed by atoms with Crippen LogP contribution in [0.1, 0.15) is 28.8 Å². The first-order valence-electron chi connectivity index (χ1n) is 7.58. The molecule has 1 N–H and O–H groups in total. The standard InChI is InChI=1S/C18H19N3O3/c1-23-13-14-6-4-7-15(12-14)18(22)21-17-16(8-5-10-20-17)24-11-3-2-9-19/h4-8,10,12H,2-3,11,13H2,1H3,(H,20,21,22). The predicted molar refractivity (Wildman–Crippen MR) is 89.7 cm³/mol. The lowest BCUT2D eigenvalue weighted by molar-refractivity contribution is 0.102. The minimum absolute atomic E-state index is 0.270. The lowest BCUT2D eigenvalue weighted by Gasteiger charge is -2.11. The summed E-state index contributed by atoms with van der Waals surface area (Å²) in [5, 5.41) is 11.3. The summed E-state index contributed by atoms with van der Waals surface area (Å²) in [6, 6.07) is 12.7. The Bertz CT molecular complexity index is 725. The topological polar surface area (TPSA) is 84.2 Å². The van der Waals surface area contributed by atoms with Gasteiger partial charge in [-0.1, -0.05) is 12.1 Å². The second-order valence-electron chi connectivity index (χ2n) is 5.05. The second-order valence-corrected chi connectivity index (χ2v) is 5.05. The Morgan fingerprint density at radius 2 is 2.21 bits per heavy atom. The van der Waals surface area contributed by atoms with Crippen molar-refractivity contribution < 1.29 is 14.3 Å². The number of rotatable bonds is 8. The van der Waals surface area contributed by atoms with Crippen LogP contribution in [0.25, 0.3) is 0 Å². The van der Waals surface area contributed by atoms with Gasteiger partial charge >= 0.3 is 0 Å². The smallest absolute Gasteiger partial charge is 0.256 e. The van der Waals surface area contributed by atoms with Gasteiger partial charge in [-0.15, -0.1) is 0 Å². The van der Waals surface area contributed by atoms with Crippen LogP contribution in [-0.2, 0) is 11.3 Å². The van der Waals surface area contributed by atoms with Gasteiger partial charge in [0.15, 0.2) is 11.6 Å². The number of benzene rings is 1. The van der Waals surface area contributed by atoms with Crippen molar-refractivity contribution in [3.63, 3.8) is 0 Å². The third-order valence-electron chi connectivity index (χ3n) is 3.19. The minimum Gasteiger partial charge on any atom is -0.490 e. The molecule has 1 amide bonds. The average Bonchev–Trinajstić information content (AvgIpc) is 2.60. The van der Waals surface area contributed by atoms with E-state index in [1.165, 1.54) is 0 Å². The molecule has 1 aromatic carbocycles. The van der Waals surface area contributed by atoms with Crippen LogP contribution in [-0.4, -0.2) is 24.6 Å². The zero-order valence-corrected chi connectivity index (χ0v) is 13.5. The van der Waals surface area contributed by atoms with E-state index in [2.05, 4.69) is 16.4 Å². The zero-order valence-electron chi connectivity index (χ0n) is 13.5. The minimum atomic E-state index is -0.270. The fraction of sp³-hybridized carbons (Fsp3) is 0.278. The zero-order chi connectivity index (χ0) is 17.2. The van der Waals surface area contributed by atoms with Crippen LogP contribution < -0.4 is 10.1 Å². The van der Waals surface area contributed by atoms with Gasteiger partial charge in [0.05, 0.1) is 19.3 Å². The van der Waals surface area contributed by atoms with E-state index in [-0.39, 0.29) is 5.91 Å². The fourth-order valence-electron chi connectivity index (χ4n) is 2.08. The number of pyridine rings is 1. The summed E-state index contributed by atoms with van der Waals surface area (Å²) in [6.45, 7) is 0.837. The highest BCUT2D eigenvalue weighted by molar-refractivity contribution is 6.04. The van der Waals surface area contributed by atoms with Gasteiger partial charge in [0.1, 0.15) is 0 Å². The highest BCUT2D eigenvalue weighted by Crippen LogP contribution is 2.22. The van der Waals surface area contributed by atoms with Crippen LogP contribution in [0, 0.1) is 11.3 Å². The van der Waals surface area contributed by atoms with E-state index >= 15 is 0 Å². The molecule has 0 radical (unpaired) electrons. The van der Waals surface area contributed by atoms with Crippen molar-refractivity contribution in [2.45, 2.75) is 19.4 Å². The first kappa shape index (κ1) is 17.4. The molecule has 24 heavy (non-hydrogen) atoms. The molecule has 0 unspecified atom stereocenters. The molecule has 0 saturated carbocycles. The van der Waals surface area contributed by atoms with Crippen molar-refractivity contribution in [2.24, 2.45) is 0 Å². The van der Waals surface area contributed by atoms with Gasteiger partial charge in [-0.05, 0) is 36.2 Å². The molecular formula is C18H19N3O3. The van der Waals surface area contributed by atoms with Crippen molar-refractivity contribution in [3.8, 4) is 11.8 Å². The van der Waals surface area contributed by atoms with Crippen LogP contribution in [0.3, 0.4) is 0 Å². The van der Waals surface area contributed by atoms with Crippen molar-refractivity contribution in [1.29, 1.82) is 5.26 Å². The van der Waals surface area contributed by atoms with Gasteiger partial charge < -0.3 is 14.8 Å². The molecule has 6 heteroatoms. The summed E-state index contributed by atoms with van der Waals surface area (Å²) in [4.78, 5) is 16.6. The number of methoxy groups -OCH3 is 1. The number of anilines is 1. The largest absolute Gasteiger partial charge is 0.490 e. The number of carbonyl (C=O) groups excluding carboxylic acids is 1. The number of hydrogen-bond donors (Lipinski definition) is 1. The van der Waals surface area contributed by atoms with E-state index in [1.54, 1.807) is 43.6 Å². The van der Waals surface area contributed by atoms with E-state index in [4.69, 9.17) is 14.7 Å². The number of nitrogens with zero attached hydrogens (tertiary/aromatic N) is 2. The molecule has 0 aliphatic carbocycles. The molecule has 1 aromatic heterocycles. The van der Waals surface area contributed by atoms with E-state index in [1.807, 2.05) is 6.07 Å². The van der Waals surface area contributed by atoms with Crippen molar-refractivity contribution >= 4 is 11.7 Å². The third kappa shape index (κ3) is 5.07. The Balaban J connectivity index is 2.06. The maximum absolute atomic E-state index is 12.4. The van der Waals surface area contributed by atoms with Gasteiger partial charge in [0.2, 0.25) is 0 Å². The first-order valence-corrected chi connectivity index (χ1v) is 7.58. The summed E-state index contributed by atoms with van der Waals surface area (Å²) < 4.78 is 10.7. The highest BCUT2D eigenvalue weighted by atomic mass is 16.5. The van der Waals surface area contributed by atoms with Crippen LogP contribution in [0.4, 0.5) is 5.82 Å². The Morgan fingerprint density at radius 1 is 1.33 bits per heavy atom. The monoisotopic (exact) mass is 325 g/mol. The quantitative estimate of drug-likeness (QED) is 0.754. The lowest BCUT2D eigenvalue weighted by Crippen LogP contribution is -2.14. The molecular weight excluding hydrogens is 306 g/mol. The normalized spacial score (nSPS) is 10.0. The average molecular weight is 325 g/mol. The van der Waals surface area contributed by atoms with Gasteiger partial charge in [0, 0.05) is 25.3 Å². The molecule has 0 bridgehead atoms. The maximum atomic E-state index is 12.4. The van der Waals surface area contributed by atoms with Crippen molar-refractivity contribution in [3.05, 3.63) is 53.7 Å². The molecule has 0 aliphatic heterocycles. The molecule has 1 heterocycles. The molecule has 124 valence electrons. The molecule has 0 spiro atoms. The van der Waals surface area contributed by atoms with E-state index in [0.29, 0.717) is 43.2 Å². The summed E-state index contributed by atoms with van der Waals surface area (Å²) in [7, 11) is 1.61. The number of hydrogen-bond acceptors (Lipinski definition) is 5. The van der Waals surface area contributed by atoms with Gasteiger partial charge in [-0.25, -0.2) is 4.98 Å². The van der Waals surface area contributed by atoms with E-state index in [0.717, 1.165) is 5.56 Å². The van der Waals surface area contributed by atoms with E-state index < -0.39 is 0 Å². The fourth-order valence-corrected chi connectivity index (χ4v) is 2.08. The number of aromatic nitrogens is 1. The Morgan fingerprint density at radius 3 is 3.00 bits per heavy atom. The maximum Gasteiger partial charge on any atom is 0.256 e. The van der Waals surface area contributed by atoms with E-state index in [9.17, 15) is 4.79 Å². The van der Waals surface area contributed by atoms with Gasteiger partial charge in [0.25, 0.3) is 5.91 Å². The predicted octanol–water partition coefficient (Wildman–Crippen LogP) is 3.16. The number of carbonyl (C=O) groups is 1. The van der Waals surface area contributed by atoms with Crippen LogP contribution >= 0.6 is 0 Å². The summed E-state index contributed by atoms with van der Waals surface area (Å²) in [6.07, 6.45) is 2.63. The summed E-state index contributed by atoms with van der Waals surface area (Å²) in [5.41, 5.74) is 1.43. The Kier molecular flexibility index (Phi) is 6.74. The lowest BCUT2D eigenvalue weighted by atomic mass is 10.1. The van der Waals surface area contributed by atoms with Crippen LogP contribution in [0.2, 0.25) is 0 Å². The SMILES string of the molecule is COCc1cccc(C(=O)Nc2ncccc2OCCCC#N)c1. The first-order chi connectivity index (χ1) is 11.7. The summed E-state index contributed by atoms with van der Waals surface area (Å²) >= 11 is 0. The van der Waals surface area contributed by atoms with Gasteiger partial charge in [-0.2, -0.15) is 5.26 Å². The molecule has 2 rings (SSSR count). The number of unbranched alkanes of at least 4 members (excludes halogenated alkanes) is 1. The second kappa shape index (κ2) is 9.28. The molecule has 6 nitrogen and oxygen atoms in total. The van der Waals surface area contributed by atoms with Gasteiger partial charge in [-0.3, -0.25) is 4.79 Å².